The average Bonchev–Trinajstić information content (AvgIpc) is 2.46. The fraction of sp³-hybridized carbons (Fsp3) is 0.235. The van der Waals surface area contributed by atoms with Crippen molar-refractivity contribution in [1.29, 1.82) is 0 Å². The van der Waals surface area contributed by atoms with Crippen LogP contribution in [0.1, 0.15) is 29.0 Å². The van der Waals surface area contributed by atoms with Crippen LogP contribution in [0.2, 0.25) is 0 Å². The Morgan fingerprint density at radius 3 is 2.70 bits per heavy atom. The van der Waals surface area contributed by atoms with Gasteiger partial charge in [-0.2, -0.15) is 0 Å². The van der Waals surface area contributed by atoms with Crippen LogP contribution in [-0.4, -0.2) is 13.1 Å². The minimum Gasteiger partial charge on any atom is -0.497 e. The lowest BCUT2D eigenvalue weighted by molar-refractivity contribution is -0.135. The minimum absolute atomic E-state index is 0.0540. The molecule has 1 aliphatic heterocycles. The molecule has 2 aromatic rings. The molecule has 1 aliphatic rings. The zero-order valence-corrected chi connectivity index (χ0v) is 11.6. The van der Waals surface area contributed by atoms with Crippen LogP contribution >= 0.6 is 0 Å². The fourth-order valence-electron chi connectivity index (χ4n) is 2.71. The van der Waals surface area contributed by atoms with E-state index in [4.69, 9.17) is 9.47 Å². The highest BCUT2D eigenvalue weighted by molar-refractivity contribution is 5.78. The average molecular weight is 268 g/mol. The van der Waals surface area contributed by atoms with Gasteiger partial charge in [0.15, 0.2) is 0 Å². The zero-order valence-electron chi connectivity index (χ0n) is 11.6. The van der Waals surface area contributed by atoms with Crippen LogP contribution in [0.15, 0.2) is 42.5 Å². The first-order valence-electron chi connectivity index (χ1n) is 6.63. The number of hydrogen-bond acceptors (Lipinski definition) is 3. The highest BCUT2D eigenvalue weighted by Crippen LogP contribution is 2.41. The second-order valence-electron chi connectivity index (χ2n) is 4.99. The SMILES string of the molecule is COc1ccc2c(c1)OC(=O)C[C@H]2c1ccccc1C. The van der Waals surface area contributed by atoms with E-state index in [2.05, 4.69) is 19.1 Å². The van der Waals surface area contributed by atoms with E-state index >= 15 is 0 Å². The van der Waals surface area contributed by atoms with Gasteiger partial charge in [0.25, 0.3) is 0 Å². The monoisotopic (exact) mass is 268 g/mol. The van der Waals surface area contributed by atoms with E-state index in [1.165, 1.54) is 11.1 Å². The van der Waals surface area contributed by atoms with E-state index in [1.807, 2.05) is 24.3 Å². The molecule has 0 amide bonds. The summed E-state index contributed by atoms with van der Waals surface area (Å²) in [7, 11) is 1.60. The maximum atomic E-state index is 11.9. The molecule has 0 radical (unpaired) electrons. The van der Waals surface area contributed by atoms with Gasteiger partial charge in [-0.25, -0.2) is 0 Å². The molecule has 0 N–H and O–H groups in total. The van der Waals surface area contributed by atoms with Crippen molar-refractivity contribution in [1.82, 2.24) is 0 Å². The molecule has 0 aliphatic carbocycles. The van der Waals surface area contributed by atoms with Crippen LogP contribution in [0.3, 0.4) is 0 Å². The van der Waals surface area contributed by atoms with Crippen molar-refractivity contribution < 1.29 is 14.3 Å². The Hall–Kier alpha value is -2.29. The predicted octanol–water partition coefficient (Wildman–Crippen LogP) is 3.44. The number of ether oxygens (including phenoxy) is 2. The highest BCUT2D eigenvalue weighted by atomic mass is 16.5. The first-order valence-corrected chi connectivity index (χ1v) is 6.63. The summed E-state index contributed by atoms with van der Waals surface area (Å²) in [5.41, 5.74) is 3.41. The minimum atomic E-state index is -0.195. The second kappa shape index (κ2) is 5.00. The quantitative estimate of drug-likeness (QED) is 0.618. The lowest BCUT2D eigenvalue weighted by atomic mass is 9.84. The molecule has 0 saturated carbocycles. The molecule has 3 heteroatoms. The van der Waals surface area contributed by atoms with Gasteiger partial charge in [0, 0.05) is 17.5 Å². The van der Waals surface area contributed by atoms with Gasteiger partial charge in [0.05, 0.1) is 13.5 Å². The topological polar surface area (TPSA) is 35.5 Å². The summed E-state index contributed by atoms with van der Waals surface area (Å²) in [5.74, 6) is 1.16. The first kappa shape index (κ1) is 12.7. The van der Waals surface area contributed by atoms with E-state index in [1.54, 1.807) is 13.2 Å². The van der Waals surface area contributed by atoms with Crippen LogP contribution in [0, 0.1) is 6.92 Å². The van der Waals surface area contributed by atoms with Crippen molar-refractivity contribution in [3.05, 3.63) is 59.2 Å². The maximum Gasteiger partial charge on any atom is 0.312 e. The van der Waals surface area contributed by atoms with Crippen LogP contribution in [0.4, 0.5) is 0 Å². The number of carbonyl (C=O) groups excluding carboxylic acids is 1. The number of carbonyl (C=O) groups is 1. The second-order valence-corrected chi connectivity index (χ2v) is 4.99. The van der Waals surface area contributed by atoms with Gasteiger partial charge >= 0.3 is 5.97 Å². The summed E-state index contributed by atoms with van der Waals surface area (Å²) >= 11 is 0. The van der Waals surface area contributed by atoms with Gasteiger partial charge in [-0.15, -0.1) is 0 Å². The van der Waals surface area contributed by atoms with E-state index in [9.17, 15) is 4.79 Å². The number of hydrogen-bond donors (Lipinski definition) is 0. The normalized spacial score (nSPS) is 17.3. The van der Waals surface area contributed by atoms with Gasteiger partial charge in [0.1, 0.15) is 11.5 Å². The molecule has 0 fully saturated rings. The van der Waals surface area contributed by atoms with Gasteiger partial charge < -0.3 is 9.47 Å². The Kier molecular flexibility index (Phi) is 3.18. The zero-order chi connectivity index (χ0) is 14.1. The first-order chi connectivity index (χ1) is 9.69. The molecule has 2 aromatic carbocycles. The van der Waals surface area contributed by atoms with Gasteiger partial charge in [-0.1, -0.05) is 30.3 Å². The summed E-state index contributed by atoms with van der Waals surface area (Å²) in [4.78, 5) is 11.9. The Morgan fingerprint density at radius 1 is 1.15 bits per heavy atom. The summed E-state index contributed by atoms with van der Waals surface area (Å²) in [6.07, 6.45) is 0.379. The molecular formula is C17H16O3. The van der Waals surface area contributed by atoms with E-state index in [0.29, 0.717) is 17.9 Å². The Bertz CT molecular complexity index is 661. The third-order valence-electron chi connectivity index (χ3n) is 3.75. The summed E-state index contributed by atoms with van der Waals surface area (Å²) in [6, 6.07) is 13.8. The van der Waals surface area contributed by atoms with Crippen LogP contribution in [0.25, 0.3) is 0 Å². The molecule has 0 aromatic heterocycles. The number of fused-ring (bicyclic) bond motifs is 1. The summed E-state index contributed by atoms with van der Waals surface area (Å²) < 4.78 is 10.5. The molecule has 0 bridgehead atoms. The van der Waals surface area contributed by atoms with Crippen LogP contribution in [-0.2, 0) is 4.79 Å². The molecular weight excluding hydrogens is 252 g/mol. The predicted molar refractivity (Wildman–Crippen MR) is 76.3 cm³/mol. The van der Waals surface area contributed by atoms with Crippen LogP contribution < -0.4 is 9.47 Å². The number of esters is 1. The molecule has 1 atom stereocenters. The third-order valence-corrected chi connectivity index (χ3v) is 3.75. The highest BCUT2D eigenvalue weighted by Gasteiger charge is 2.29. The van der Waals surface area contributed by atoms with Crippen molar-refractivity contribution in [2.45, 2.75) is 19.3 Å². The van der Waals surface area contributed by atoms with Crippen molar-refractivity contribution in [2.24, 2.45) is 0 Å². The molecule has 3 rings (SSSR count). The Morgan fingerprint density at radius 2 is 1.95 bits per heavy atom. The van der Waals surface area contributed by atoms with Crippen molar-refractivity contribution in [3.63, 3.8) is 0 Å². The smallest absolute Gasteiger partial charge is 0.312 e. The molecule has 102 valence electrons. The van der Waals surface area contributed by atoms with E-state index in [0.717, 1.165) is 5.56 Å². The fourth-order valence-corrected chi connectivity index (χ4v) is 2.71. The molecule has 20 heavy (non-hydrogen) atoms. The Balaban J connectivity index is 2.11. The number of benzene rings is 2. The Labute approximate surface area is 118 Å². The summed E-state index contributed by atoms with van der Waals surface area (Å²) in [5, 5.41) is 0. The van der Waals surface area contributed by atoms with Gasteiger partial charge in [-0.3, -0.25) is 4.79 Å². The molecule has 0 unspecified atom stereocenters. The van der Waals surface area contributed by atoms with Crippen molar-refractivity contribution in [2.75, 3.05) is 7.11 Å². The number of aryl methyl sites for hydroxylation is 1. The van der Waals surface area contributed by atoms with Crippen LogP contribution in [0.5, 0.6) is 11.5 Å². The van der Waals surface area contributed by atoms with Gasteiger partial charge in [0.2, 0.25) is 0 Å². The molecule has 3 nitrogen and oxygen atoms in total. The maximum absolute atomic E-state index is 11.9. The van der Waals surface area contributed by atoms with Crippen molar-refractivity contribution >= 4 is 5.97 Å². The largest absolute Gasteiger partial charge is 0.497 e. The lowest BCUT2D eigenvalue weighted by Gasteiger charge is -2.26. The molecule has 1 heterocycles. The molecule has 0 spiro atoms. The molecule has 0 saturated heterocycles. The van der Waals surface area contributed by atoms with E-state index < -0.39 is 0 Å². The standard InChI is InChI=1S/C17H16O3/c1-11-5-3-4-6-13(11)15-10-17(18)20-16-9-12(19-2)7-8-14(15)16/h3-9,15H,10H2,1-2H3/t15-/m0/s1. The third kappa shape index (κ3) is 2.16. The van der Waals surface area contributed by atoms with Crippen molar-refractivity contribution in [3.8, 4) is 11.5 Å². The summed E-state index contributed by atoms with van der Waals surface area (Å²) in [6.45, 7) is 2.07. The van der Waals surface area contributed by atoms with E-state index in [-0.39, 0.29) is 11.9 Å². The number of methoxy groups -OCH3 is 1. The number of rotatable bonds is 2. The van der Waals surface area contributed by atoms with Gasteiger partial charge in [-0.05, 0) is 24.1 Å². The lowest BCUT2D eigenvalue weighted by Crippen LogP contribution is -2.21.